The molecule has 1 heterocycles. The second-order valence-corrected chi connectivity index (χ2v) is 4.13. The molecule has 1 rings (SSSR count). The lowest BCUT2D eigenvalue weighted by Crippen LogP contribution is -2.60. The molecule has 0 bridgehead atoms. The predicted octanol–water partition coefficient (Wildman–Crippen LogP) is 1.13. The summed E-state index contributed by atoms with van der Waals surface area (Å²) in [5.74, 6) is 0. The maximum absolute atomic E-state index is 3.63. The highest BCUT2D eigenvalue weighted by molar-refractivity contribution is 4.89. The van der Waals surface area contributed by atoms with Crippen molar-refractivity contribution in [2.45, 2.75) is 45.2 Å². The minimum absolute atomic E-state index is 0.335. The molecule has 0 aromatic heterocycles. The Morgan fingerprint density at radius 1 is 1.45 bits per heavy atom. The van der Waals surface area contributed by atoms with E-state index in [4.69, 9.17) is 0 Å². The summed E-state index contributed by atoms with van der Waals surface area (Å²) in [7, 11) is 0. The molecule has 2 heteroatoms. The minimum Gasteiger partial charge on any atom is -0.314 e. The normalized spacial score (nSPS) is 19.9. The summed E-state index contributed by atoms with van der Waals surface area (Å²) in [6.45, 7) is 9.10. The van der Waals surface area contributed by atoms with Gasteiger partial charge in [0.25, 0.3) is 0 Å². The molecule has 2 N–H and O–H groups in total. The van der Waals surface area contributed by atoms with Crippen LogP contribution in [0.1, 0.15) is 33.6 Å². The van der Waals surface area contributed by atoms with Gasteiger partial charge in [-0.3, -0.25) is 0 Å². The molecule has 2 nitrogen and oxygen atoms in total. The van der Waals surface area contributed by atoms with Crippen LogP contribution in [0.15, 0.2) is 0 Å². The van der Waals surface area contributed by atoms with Crippen LogP contribution in [0, 0.1) is 0 Å². The Balaban J connectivity index is 2.20. The molecule has 1 saturated heterocycles. The van der Waals surface area contributed by atoms with E-state index in [0.29, 0.717) is 5.54 Å². The van der Waals surface area contributed by atoms with Crippen LogP contribution >= 0.6 is 0 Å². The van der Waals surface area contributed by atoms with Crippen molar-refractivity contribution in [2.24, 2.45) is 0 Å². The van der Waals surface area contributed by atoms with E-state index in [1.165, 1.54) is 12.8 Å². The van der Waals surface area contributed by atoms with Crippen LogP contribution in [-0.2, 0) is 0 Å². The molecule has 0 aromatic rings. The highest BCUT2D eigenvalue weighted by Crippen LogP contribution is 2.12. The minimum atomic E-state index is 0.335. The molecule has 1 fully saturated rings. The largest absolute Gasteiger partial charge is 0.314 e. The van der Waals surface area contributed by atoms with Crippen molar-refractivity contribution < 1.29 is 0 Å². The van der Waals surface area contributed by atoms with Gasteiger partial charge < -0.3 is 10.6 Å². The Bertz CT molecular complexity index is 117. The molecule has 0 radical (unpaired) electrons. The van der Waals surface area contributed by atoms with Gasteiger partial charge in [0.05, 0.1) is 0 Å². The molecule has 0 aliphatic carbocycles. The molecule has 0 spiro atoms. The van der Waals surface area contributed by atoms with E-state index < -0.39 is 0 Å². The van der Waals surface area contributed by atoms with E-state index in [9.17, 15) is 0 Å². The summed E-state index contributed by atoms with van der Waals surface area (Å²) in [4.78, 5) is 0. The van der Waals surface area contributed by atoms with Crippen molar-refractivity contribution in [2.75, 3.05) is 13.1 Å². The van der Waals surface area contributed by atoms with Crippen molar-refractivity contribution in [3.05, 3.63) is 0 Å². The first-order valence-corrected chi connectivity index (χ1v) is 4.62. The van der Waals surface area contributed by atoms with E-state index in [2.05, 4.69) is 31.4 Å². The Kier molecular flexibility index (Phi) is 2.90. The Morgan fingerprint density at radius 2 is 2.09 bits per heavy atom. The third kappa shape index (κ3) is 2.80. The lowest BCUT2D eigenvalue weighted by Gasteiger charge is -2.37. The zero-order valence-electron chi connectivity index (χ0n) is 7.91. The molecule has 0 unspecified atom stereocenters. The van der Waals surface area contributed by atoms with Crippen LogP contribution in [-0.4, -0.2) is 24.7 Å². The van der Waals surface area contributed by atoms with Gasteiger partial charge in [0, 0.05) is 24.7 Å². The lowest BCUT2D eigenvalue weighted by molar-refractivity contribution is 0.258. The van der Waals surface area contributed by atoms with Crippen molar-refractivity contribution in [3.8, 4) is 0 Å². The molecule has 66 valence electrons. The average molecular weight is 156 g/mol. The van der Waals surface area contributed by atoms with Crippen LogP contribution in [0.2, 0.25) is 0 Å². The van der Waals surface area contributed by atoms with E-state index in [0.717, 1.165) is 19.1 Å². The molecule has 0 aromatic carbocycles. The Hall–Kier alpha value is -0.0800. The summed E-state index contributed by atoms with van der Waals surface area (Å²) in [6, 6.07) is 0.719. The van der Waals surface area contributed by atoms with Crippen molar-refractivity contribution in [3.63, 3.8) is 0 Å². The van der Waals surface area contributed by atoms with Gasteiger partial charge in [0.2, 0.25) is 0 Å². The highest BCUT2D eigenvalue weighted by Gasteiger charge is 2.24. The van der Waals surface area contributed by atoms with Crippen molar-refractivity contribution in [1.29, 1.82) is 0 Å². The van der Waals surface area contributed by atoms with Crippen LogP contribution in [0.5, 0.6) is 0 Å². The van der Waals surface area contributed by atoms with Gasteiger partial charge in [-0.15, -0.1) is 0 Å². The van der Waals surface area contributed by atoms with E-state index in [1.54, 1.807) is 0 Å². The van der Waals surface area contributed by atoms with Gasteiger partial charge in [-0.25, -0.2) is 0 Å². The van der Waals surface area contributed by atoms with E-state index >= 15 is 0 Å². The lowest BCUT2D eigenvalue weighted by atomic mass is 9.96. The number of rotatable bonds is 4. The molecular formula is C9H20N2. The maximum Gasteiger partial charge on any atom is 0.0322 e. The molecule has 0 atom stereocenters. The first kappa shape index (κ1) is 9.01. The average Bonchev–Trinajstić information content (AvgIpc) is 1.79. The van der Waals surface area contributed by atoms with Crippen LogP contribution in [0.3, 0.4) is 0 Å². The molecule has 0 amide bonds. The standard InChI is InChI=1S/C9H20N2/c1-4-5-9(2,3)11-8-6-10-7-8/h8,10-11H,4-7H2,1-3H3. The monoisotopic (exact) mass is 156 g/mol. The van der Waals surface area contributed by atoms with Crippen LogP contribution in [0.25, 0.3) is 0 Å². The van der Waals surface area contributed by atoms with Gasteiger partial charge in [-0.05, 0) is 20.3 Å². The zero-order valence-corrected chi connectivity index (χ0v) is 7.91. The van der Waals surface area contributed by atoms with E-state index in [-0.39, 0.29) is 0 Å². The molecular weight excluding hydrogens is 136 g/mol. The van der Waals surface area contributed by atoms with Gasteiger partial charge in [-0.1, -0.05) is 13.3 Å². The summed E-state index contributed by atoms with van der Waals surface area (Å²) in [6.07, 6.45) is 2.53. The van der Waals surface area contributed by atoms with Crippen LogP contribution < -0.4 is 10.6 Å². The molecule has 11 heavy (non-hydrogen) atoms. The fraction of sp³-hybridized carbons (Fsp3) is 1.00. The number of hydrogen-bond acceptors (Lipinski definition) is 2. The topological polar surface area (TPSA) is 24.1 Å². The molecule has 1 aliphatic rings. The van der Waals surface area contributed by atoms with Crippen molar-refractivity contribution >= 4 is 0 Å². The fourth-order valence-electron chi connectivity index (χ4n) is 1.64. The van der Waals surface area contributed by atoms with Crippen molar-refractivity contribution in [1.82, 2.24) is 10.6 Å². The summed E-state index contributed by atoms with van der Waals surface area (Å²) in [5, 5.41) is 6.89. The summed E-state index contributed by atoms with van der Waals surface area (Å²) >= 11 is 0. The first-order valence-electron chi connectivity index (χ1n) is 4.62. The SMILES string of the molecule is CCCC(C)(C)NC1CNC1. The number of nitrogens with one attached hydrogen (secondary N) is 2. The fourth-order valence-corrected chi connectivity index (χ4v) is 1.64. The maximum atomic E-state index is 3.63. The summed E-state index contributed by atoms with van der Waals surface area (Å²) < 4.78 is 0. The van der Waals surface area contributed by atoms with Crippen LogP contribution in [0.4, 0.5) is 0 Å². The van der Waals surface area contributed by atoms with E-state index in [1.807, 2.05) is 0 Å². The van der Waals surface area contributed by atoms with Gasteiger partial charge in [0.1, 0.15) is 0 Å². The third-order valence-electron chi connectivity index (χ3n) is 2.25. The van der Waals surface area contributed by atoms with Gasteiger partial charge >= 0.3 is 0 Å². The highest BCUT2D eigenvalue weighted by atomic mass is 15.1. The smallest absolute Gasteiger partial charge is 0.0322 e. The quantitative estimate of drug-likeness (QED) is 0.637. The summed E-state index contributed by atoms with van der Waals surface area (Å²) in [5.41, 5.74) is 0.335. The second kappa shape index (κ2) is 3.55. The Morgan fingerprint density at radius 3 is 2.45 bits per heavy atom. The first-order chi connectivity index (χ1) is 5.14. The predicted molar refractivity (Wildman–Crippen MR) is 48.8 cm³/mol. The van der Waals surface area contributed by atoms with Gasteiger partial charge in [-0.2, -0.15) is 0 Å². The molecule has 1 aliphatic heterocycles. The van der Waals surface area contributed by atoms with Gasteiger partial charge in [0.15, 0.2) is 0 Å². The second-order valence-electron chi connectivity index (χ2n) is 4.13. The Labute approximate surface area is 69.8 Å². The zero-order chi connectivity index (χ0) is 8.32. The molecule has 0 saturated carbocycles. The number of hydrogen-bond donors (Lipinski definition) is 2. The third-order valence-corrected chi connectivity index (χ3v) is 2.25.